The van der Waals surface area contributed by atoms with Crippen molar-refractivity contribution >= 4 is 6.08 Å². The average Bonchev–Trinajstić information content (AvgIpc) is 2.16. The Balaban J connectivity index is 2.54. The molecule has 1 aromatic carbocycles. The lowest BCUT2D eigenvalue weighted by Crippen LogP contribution is -2.16. The Hall–Kier alpha value is -1.29. The summed E-state index contributed by atoms with van der Waals surface area (Å²) in [4.78, 5) is 0. The molecule has 0 aromatic heterocycles. The molecule has 0 atom stereocenters. The van der Waals surface area contributed by atoms with Crippen molar-refractivity contribution < 1.29 is 17.9 Å². The molecule has 1 nitrogen and oxygen atoms in total. The normalized spacial score (nSPS) is 11.4. The maximum atomic E-state index is 11.8. The Morgan fingerprint density at radius 2 is 1.93 bits per heavy atom. The summed E-state index contributed by atoms with van der Waals surface area (Å²) in [5.41, 5.74) is 1.50. The van der Waals surface area contributed by atoms with E-state index in [0.29, 0.717) is 5.56 Å². The average molecular weight is 216 g/mol. The van der Waals surface area contributed by atoms with Gasteiger partial charge in [0.2, 0.25) is 0 Å². The van der Waals surface area contributed by atoms with Gasteiger partial charge in [0.15, 0.2) is 0 Å². The van der Waals surface area contributed by atoms with Crippen LogP contribution in [0, 0.1) is 0 Å². The highest BCUT2D eigenvalue weighted by Gasteiger charge is 2.27. The minimum Gasteiger partial charge on any atom is -0.367 e. The number of benzene rings is 1. The highest BCUT2D eigenvalue weighted by molar-refractivity contribution is 5.51. The second kappa shape index (κ2) is 4.98. The quantitative estimate of drug-likeness (QED) is 0.749. The van der Waals surface area contributed by atoms with Gasteiger partial charge in [-0.1, -0.05) is 36.9 Å². The Morgan fingerprint density at radius 3 is 2.53 bits per heavy atom. The van der Waals surface area contributed by atoms with Crippen LogP contribution in [0.25, 0.3) is 6.08 Å². The van der Waals surface area contributed by atoms with Gasteiger partial charge < -0.3 is 4.74 Å². The van der Waals surface area contributed by atoms with Crippen LogP contribution >= 0.6 is 0 Å². The first-order valence-electron chi connectivity index (χ1n) is 4.38. The predicted molar refractivity (Wildman–Crippen MR) is 52.2 cm³/mol. The second-order valence-corrected chi connectivity index (χ2v) is 3.01. The smallest absolute Gasteiger partial charge is 0.367 e. The van der Waals surface area contributed by atoms with E-state index in [2.05, 4.69) is 11.3 Å². The molecule has 0 radical (unpaired) electrons. The lowest BCUT2D eigenvalue weighted by atomic mass is 10.1. The molecule has 0 N–H and O–H groups in total. The summed E-state index contributed by atoms with van der Waals surface area (Å²) in [5.74, 6) is 0. The Labute approximate surface area is 86.2 Å². The van der Waals surface area contributed by atoms with Crippen LogP contribution in [-0.4, -0.2) is 12.8 Å². The van der Waals surface area contributed by atoms with E-state index in [1.165, 1.54) is 0 Å². The Bertz CT molecular complexity index is 331. The van der Waals surface area contributed by atoms with Crippen LogP contribution in [0.15, 0.2) is 30.8 Å². The summed E-state index contributed by atoms with van der Waals surface area (Å²) in [6.45, 7) is 2.29. The number of alkyl halides is 3. The number of rotatable bonds is 4. The molecule has 0 heterocycles. The van der Waals surface area contributed by atoms with Gasteiger partial charge in [0.05, 0.1) is 6.61 Å². The SMILES string of the molecule is C=Cc1ccccc1COCC(F)(F)F. The van der Waals surface area contributed by atoms with E-state index in [1.54, 1.807) is 30.3 Å². The lowest BCUT2D eigenvalue weighted by Gasteiger charge is -2.09. The molecule has 4 heteroatoms. The summed E-state index contributed by atoms with van der Waals surface area (Å²) >= 11 is 0. The number of hydrogen-bond donors (Lipinski definition) is 0. The van der Waals surface area contributed by atoms with Crippen molar-refractivity contribution in [1.82, 2.24) is 0 Å². The molecule has 0 aliphatic heterocycles. The van der Waals surface area contributed by atoms with Gasteiger partial charge in [-0.3, -0.25) is 0 Å². The number of hydrogen-bond acceptors (Lipinski definition) is 1. The molecule has 82 valence electrons. The van der Waals surface area contributed by atoms with Crippen molar-refractivity contribution in [3.63, 3.8) is 0 Å². The van der Waals surface area contributed by atoms with E-state index in [0.717, 1.165) is 5.56 Å². The third kappa shape index (κ3) is 4.16. The van der Waals surface area contributed by atoms with Crippen LogP contribution in [0.1, 0.15) is 11.1 Å². The minimum atomic E-state index is -4.27. The molecule has 0 unspecified atom stereocenters. The van der Waals surface area contributed by atoms with Gasteiger partial charge in [-0.05, 0) is 11.1 Å². The van der Waals surface area contributed by atoms with Crippen LogP contribution in [-0.2, 0) is 11.3 Å². The summed E-state index contributed by atoms with van der Waals surface area (Å²) in [7, 11) is 0. The first kappa shape index (κ1) is 11.8. The molecule has 0 saturated heterocycles. The van der Waals surface area contributed by atoms with Gasteiger partial charge in [-0.15, -0.1) is 0 Å². The van der Waals surface area contributed by atoms with E-state index in [9.17, 15) is 13.2 Å². The third-order valence-corrected chi connectivity index (χ3v) is 1.80. The van der Waals surface area contributed by atoms with Crippen LogP contribution in [0.3, 0.4) is 0 Å². The predicted octanol–water partition coefficient (Wildman–Crippen LogP) is 3.41. The molecule has 1 rings (SSSR count). The van der Waals surface area contributed by atoms with E-state index in [-0.39, 0.29) is 6.61 Å². The molecular weight excluding hydrogens is 205 g/mol. The molecule has 0 amide bonds. The van der Waals surface area contributed by atoms with Crippen molar-refractivity contribution in [2.75, 3.05) is 6.61 Å². The maximum Gasteiger partial charge on any atom is 0.411 e. The first-order chi connectivity index (χ1) is 7.03. The third-order valence-electron chi connectivity index (χ3n) is 1.80. The first-order valence-corrected chi connectivity index (χ1v) is 4.38. The maximum absolute atomic E-state index is 11.8. The van der Waals surface area contributed by atoms with Crippen LogP contribution < -0.4 is 0 Å². The van der Waals surface area contributed by atoms with Crippen molar-refractivity contribution in [3.8, 4) is 0 Å². The molecular formula is C11H11F3O. The number of ether oxygens (including phenoxy) is 1. The van der Waals surface area contributed by atoms with Crippen molar-refractivity contribution in [3.05, 3.63) is 42.0 Å². The van der Waals surface area contributed by atoms with Gasteiger partial charge in [0.1, 0.15) is 6.61 Å². The van der Waals surface area contributed by atoms with E-state index >= 15 is 0 Å². The van der Waals surface area contributed by atoms with Gasteiger partial charge in [-0.25, -0.2) is 0 Å². The largest absolute Gasteiger partial charge is 0.411 e. The summed E-state index contributed by atoms with van der Waals surface area (Å²) < 4.78 is 39.9. The highest BCUT2D eigenvalue weighted by Crippen LogP contribution is 2.17. The molecule has 0 fully saturated rings. The zero-order valence-corrected chi connectivity index (χ0v) is 8.05. The topological polar surface area (TPSA) is 9.23 Å². The second-order valence-electron chi connectivity index (χ2n) is 3.01. The van der Waals surface area contributed by atoms with Crippen molar-refractivity contribution in [2.24, 2.45) is 0 Å². The van der Waals surface area contributed by atoms with Crippen LogP contribution in [0.5, 0.6) is 0 Å². The summed E-state index contributed by atoms with van der Waals surface area (Å²) in [5, 5.41) is 0. The molecule has 0 aliphatic rings. The summed E-state index contributed by atoms with van der Waals surface area (Å²) in [6.07, 6.45) is -2.69. The van der Waals surface area contributed by atoms with Gasteiger partial charge in [-0.2, -0.15) is 13.2 Å². The number of halogens is 3. The fraction of sp³-hybridized carbons (Fsp3) is 0.273. The molecule has 0 bridgehead atoms. The molecule has 0 saturated carbocycles. The van der Waals surface area contributed by atoms with Gasteiger partial charge in [0.25, 0.3) is 0 Å². The minimum absolute atomic E-state index is 0.0539. The molecule has 0 aliphatic carbocycles. The summed E-state index contributed by atoms with van der Waals surface area (Å²) in [6, 6.07) is 7.04. The van der Waals surface area contributed by atoms with Gasteiger partial charge in [0, 0.05) is 0 Å². The lowest BCUT2D eigenvalue weighted by molar-refractivity contribution is -0.176. The van der Waals surface area contributed by atoms with Gasteiger partial charge >= 0.3 is 6.18 Å². The Kier molecular flexibility index (Phi) is 3.91. The van der Waals surface area contributed by atoms with Crippen molar-refractivity contribution in [1.29, 1.82) is 0 Å². The highest BCUT2D eigenvalue weighted by atomic mass is 19.4. The molecule has 0 spiro atoms. The van der Waals surface area contributed by atoms with E-state index in [1.807, 2.05) is 0 Å². The van der Waals surface area contributed by atoms with E-state index < -0.39 is 12.8 Å². The van der Waals surface area contributed by atoms with Crippen LogP contribution in [0.4, 0.5) is 13.2 Å². The zero-order chi connectivity index (χ0) is 11.3. The monoisotopic (exact) mass is 216 g/mol. The Morgan fingerprint density at radius 1 is 1.27 bits per heavy atom. The van der Waals surface area contributed by atoms with Crippen LogP contribution in [0.2, 0.25) is 0 Å². The fourth-order valence-electron chi connectivity index (χ4n) is 1.14. The zero-order valence-electron chi connectivity index (χ0n) is 8.05. The molecule has 15 heavy (non-hydrogen) atoms. The fourth-order valence-corrected chi connectivity index (χ4v) is 1.14. The molecule has 1 aromatic rings. The van der Waals surface area contributed by atoms with E-state index in [4.69, 9.17) is 0 Å². The standard InChI is InChI=1S/C11H11F3O/c1-2-9-5-3-4-6-10(9)7-15-8-11(12,13)14/h2-6H,1,7-8H2. The van der Waals surface area contributed by atoms with Crippen molar-refractivity contribution in [2.45, 2.75) is 12.8 Å².